The van der Waals surface area contributed by atoms with Gasteiger partial charge in [-0.2, -0.15) is 0 Å². The van der Waals surface area contributed by atoms with Crippen molar-refractivity contribution in [1.29, 1.82) is 0 Å². The Morgan fingerprint density at radius 1 is 1.20 bits per heavy atom. The topological polar surface area (TPSA) is 21.3 Å². The lowest BCUT2D eigenvalue weighted by molar-refractivity contribution is 0.115. The first kappa shape index (κ1) is 13.9. The van der Waals surface area contributed by atoms with Gasteiger partial charge in [0.25, 0.3) is 0 Å². The number of likely N-dealkylation sites (N-methyl/N-ethyl adjacent to an activating group) is 1. The van der Waals surface area contributed by atoms with Crippen LogP contribution in [0.1, 0.15) is 44.6 Å². The van der Waals surface area contributed by atoms with Gasteiger partial charge in [-0.25, -0.2) is 0 Å². The zero-order chi connectivity index (χ0) is 13.9. The molecule has 1 aliphatic carbocycles. The molecular formula is C18H27NO. The number of benzene rings is 1. The van der Waals surface area contributed by atoms with E-state index in [0.717, 1.165) is 24.0 Å². The van der Waals surface area contributed by atoms with E-state index in [4.69, 9.17) is 4.74 Å². The highest BCUT2D eigenvalue weighted by atomic mass is 16.5. The third-order valence-corrected chi connectivity index (χ3v) is 5.38. The van der Waals surface area contributed by atoms with Gasteiger partial charge in [-0.05, 0) is 43.4 Å². The van der Waals surface area contributed by atoms with E-state index in [0.29, 0.717) is 12.1 Å². The van der Waals surface area contributed by atoms with E-state index in [-0.39, 0.29) is 0 Å². The molecule has 1 aromatic carbocycles. The van der Waals surface area contributed by atoms with Crippen molar-refractivity contribution >= 4 is 0 Å². The highest BCUT2D eigenvalue weighted by Gasteiger charge is 2.35. The van der Waals surface area contributed by atoms with Crippen molar-refractivity contribution in [3.05, 3.63) is 29.8 Å². The quantitative estimate of drug-likeness (QED) is 0.901. The monoisotopic (exact) mass is 273 g/mol. The average molecular weight is 273 g/mol. The second kappa shape index (κ2) is 6.17. The minimum Gasteiger partial charge on any atom is -0.488 e. The number of para-hydroxylation sites is 1. The minimum atomic E-state index is 0.320. The van der Waals surface area contributed by atoms with Crippen molar-refractivity contribution in [1.82, 2.24) is 5.32 Å². The van der Waals surface area contributed by atoms with Crippen molar-refractivity contribution in [3.8, 4) is 5.75 Å². The molecule has 110 valence electrons. The Morgan fingerprint density at radius 2 is 1.95 bits per heavy atom. The molecule has 20 heavy (non-hydrogen) atoms. The number of hydrogen-bond donors (Lipinski definition) is 1. The number of hydrogen-bond acceptors (Lipinski definition) is 2. The van der Waals surface area contributed by atoms with E-state index in [1.165, 1.54) is 37.7 Å². The summed E-state index contributed by atoms with van der Waals surface area (Å²) in [6.07, 6.45) is 8.26. The van der Waals surface area contributed by atoms with Crippen LogP contribution in [0.3, 0.4) is 0 Å². The molecule has 1 saturated carbocycles. The fourth-order valence-corrected chi connectivity index (χ4v) is 4.09. The fraction of sp³-hybridized carbons (Fsp3) is 0.667. The number of fused-ring (bicyclic) bond motifs is 1. The number of nitrogens with one attached hydrogen (secondary N) is 1. The van der Waals surface area contributed by atoms with Gasteiger partial charge < -0.3 is 10.1 Å². The first-order chi connectivity index (χ1) is 9.81. The van der Waals surface area contributed by atoms with Crippen LogP contribution in [0.4, 0.5) is 0 Å². The minimum absolute atomic E-state index is 0.320. The largest absolute Gasteiger partial charge is 0.488 e. The Morgan fingerprint density at radius 3 is 2.60 bits per heavy atom. The Bertz CT molecular complexity index is 412. The smallest absolute Gasteiger partial charge is 0.123 e. The summed E-state index contributed by atoms with van der Waals surface area (Å²) in [5.41, 5.74) is 1.37. The average Bonchev–Trinajstić information content (AvgIpc) is 2.92. The van der Waals surface area contributed by atoms with Crippen LogP contribution in [0.5, 0.6) is 5.75 Å². The van der Waals surface area contributed by atoms with E-state index >= 15 is 0 Å². The molecule has 2 atom stereocenters. The Hall–Kier alpha value is -1.02. The standard InChI is InChI=1S/C18H27NO/c1-3-13-8-10-14(11-9-13)18(19-2)17-12-15-6-4-5-7-16(15)20-17/h4-7,13-14,17-19H,3,8-12H2,1-2H3. The van der Waals surface area contributed by atoms with Crippen LogP contribution in [-0.2, 0) is 6.42 Å². The van der Waals surface area contributed by atoms with Crippen molar-refractivity contribution in [3.63, 3.8) is 0 Å². The van der Waals surface area contributed by atoms with E-state index in [2.05, 4.69) is 43.6 Å². The molecule has 2 heteroatoms. The maximum absolute atomic E-state index is 6.20. The molecule has 0 bridgehead atoms. The van der Waals surface area contributed by atoms with Gasteiger partial charge in [0.05, 0.1) is 0 Å². The molecule has 2 unspecified atom stereocenters. The second-order valence-electron chi connectivity index (χ2n) is 6.47. The number of ether oxygens (including phenoxy) is 1. The summed E-state index contributed by atoms with van der Waals surface area (Å²) in [6, 6.07) is 9.00. The van der Waals surface area contributed by atoms with E-state index in [1.54, 1.807) is 0 Å². The maximum atomic E-state index is 6.20. The van der Waals surface area contributed by atoms with Crippen molar-refractivity contribution in [2.75, 3.05) is 7.05 Å². The lowest BCUT2D eigenvalue weighted by Gasteiger charge is -2.36. The molecule has 2 nitrogen and oxygen atoms in total. The fourth-order valence-electron chi connectivity index (χ4n) is 4.09. The normalized spacial score (nSPS) is 30.6. The van der Waals surface area contributed by atoms with Crippen LogP contribution in [0.25, 0.3) is 0 Å². The van der Waals surface area contributed by atoms with Crippen LogP contribution in [0.15, 0.2) is 24.3 Å². The van der Waals surface area contributed by atoms with E-state index in [1.807, 2.05) is 0 Å². The molecule has 0 spiro atoms. The Kier molecular flexibility index (Phi) is 4.30. The van der Waals surface area contributed by atoms with Crippen LogP contribution < -0.4 is 10.1 Å². The molecule has 0 aromatic heterocycles. The molecule has 0 amide bonds. The molecule has 3 rings (SSSR count). The maximum Gasteiger partial charge on any atom is 0.123 e. The van der Waals surface area contributed by atoms with Gasteiger partial charge in [-0.1, -0.05) is 44.4 Å². The molecular weight excluding hydrogens is 246 g/mol. The van der Waals surface area contributed by atoms with E-state index < -0.39 is 0 Å². The van der Waals surface area contributed by atoms with E-state index in [9.17, 15) is 0 Å². The summed E-state index contributed by atoms with van der Waals surface area (Å²) in [7, 11) is 2.10. The zero-order valence-electron chi connectivity index (χ0n) is 12.8. The van der Waals surface area contributed by atoms with Crippen molar-refractivity contribution < 1.29 is 4.74 Å². The lowest BCUT2D eigenvalue weighted by Crippen LogP contribution is -2.47. The van der Waals surface area contributed by atoms with Gasteiger partial charge >= 0.3 is 0 Å². The predicted molar refractivity (Wildman–Crippen MR) is 83.1 cm³/mol. The third kappa shape index (κ3) is 2.71. The molecule has 1 N–H and O–H groups in total. The van der Waals surface area contributed by atoms with Gasteiger partial charge in [0.2, 0.25) is 0 Å². The van der Waals surface area contributed by atoms with Gasteiger partial charge in [0, 0.05) is 12.5 Å². The zero-order valence-corrected chi connectivity index (χ0v) is 12.8. The van der Waals surface area contributed by atoms with Gasteiger partial charge in [-0.3, -0.25) is 0 Å². The molecule has 1 fully saturated rings. The summed E-state index contributed by atoms with van der Waals surface area (Å²) >= 11 is 0. The third-order valence-electron chi connectivity index (χ3n) is 5.38. The summed E-state index contributed by atoms with van der Waals surface area (Å²) in [5, 5.41) is 3.56. The van der Waals surface area contributed by atoms with Gasteiger partial charge in [0.1, 0.15) is 11.9 Å². The second-order valence-corrected chi connectivity index (χ2v) is 6.47. The Balaban J connectivity index is 1.64. The molecule has 1 aliphatic heterocycles. The molecule has 1 aromatic rings. The summed E-state index contributed by atoms with van der Waals surface area (Å²) in [6.45, 7) is 2.33. The van der Waals surface area contributed by atoms with Crippen LogP contribution in [0.2, 0.25) is 0 Å². The van der Waals surface area contributed by atoms with Gasteiger partial charge in [0.15, 0.2) is 0 Å². The summed E-state index contributed by atoms with van der Waals surface area (Å²) in [4.78, 5) is 0. The summed E-state index contributed by atoms with van der Waals surface area (Å²) in [5.74, 6) is 2.84. The molecule has 0 radical (unpaired) electrons. The summed E-state index contributed by atoms with van der Waals surface area (Å²) < 4.78 is 6.20. The first-order valence-corrected chi connectivity index (χ1v) is 8.23. The van der Waals surface area contributed by atoms with Gasteiger partial charge in [-0.15, -0.1) is 0 Å². The van der Waals surface area contributed by atoms with Crippen LogP contribution >= 0.6 is 0 Å². The molecule has 0 saturated heterocycles. The molecule has 1 heterocycles. The Labute approximate surface area is 122 Å². The lowest BCUT2D eigenvalue weighted by atomic mass is 9.76. The molecule has 2 aliphatic rings. The SMILES string of the molecule is CCC1CCC(C(NC)C2Cc3ccccc3O2)CC1. The number of rotatable bonds is 4. The highest BCUT2D eigenvalue weighted by molar-refractivity contribution is 5.37. The predicted octanol–water partition coefficient (Wildman–Crippen LogP) is 3.79. The highest BCUT2D eigenvalue weighted by Crippen LogP contribution is 2.37. The van der Waals surface area contributed by atoms with Crippen LogP contribution in [0, 0.1) is 11.8 Å². The van der Waals surface area contributed by atoms with Crippen molar-refractivity contribution in [2.24, 2.45) is 11.8 Å². The van der Waals surface area contributed by atoms with Crippen LogP contribution in [-0.4, -0.2) is 19.2 Å². The first-order valence-electron chi connectivity index (χ1n) is 8.23. The van der Waals surface area contributed by atoms with Crippen molar-refractivity contribution in [2.45, 2.75) is 57.6 Å².